The zero-order chi connectivity index (χ0) is 16.5. The van der Waals surface area contributed by atoms with E-state index in [-0.39, 0.29) is 18.3 Å². The molecule has 3 aliphatic heterocycles. The predicted octanol–water partition coefficient (Wildman–Crippen LogP) is 3.46. The molecule has 0 aliphatic carbocycles. The van der Waals surface area contributed by atoms with Crippen molar-refractivity contribution in [2.45, 2.75) is 49.1 Å². The van der Waals surface area contributed by atoms with Crippen molar-refractivity contribution in [2.75, 3.05) is 24.8 Å². The van der Waals surface area contributed by atoms with Gasteiger partial charge in [-0.05, 0) is 43.9 Å². The van der Waals surface area contributed by atoms with Crippen LogP contribution in [0.15, 0.2) is 17.0 Å². The van der Waals surface area contributed by atoms with Crippen LogP contribution in [0.1, 0.15) is 32.1 Å². The molecule has 2 unspecified atom stereocenters. The van der Waals surface area contributed by atoms with E-state index in [2.05, 4.69) is 10.6 Å². The summed E-state index contributed by atoms with van der Waals surface area (Å²) in [6.45, 7) is 1.13. The normalized spacial score (nSPS) is 26.7. The van der Waals surface area contributed by atoms with Gasteiger partial charge in [-0.1, -0.05) is 0 Å². The van der Waals surface area contributed by atoms with Gasteiger partial charge in [-0.25, -0.2) is 0 Å². The standard InChI is InChI=1S/C18H24N2O3S.ClH/c1-24-17-10-16-15(22-4-5-23-16)9-14(17)20-18(21)8-11-6-12-2-3-13(7-11)19-12;/h9-13,19H,2-8H2,1H3,(H,20,21);1H. The Labute approximate surface area is 159 Å². The molecule has 0 saturated carbocycles. The molecule has 1 amide bonds. The number of piperidine rings is 1. The molecule has 0 spiro atoms. The number of hydrogen-bond donors (Lipinski definition) is 2. The second kappa shape index (κ2) is 8.06. The fraction of sp³-hybridized carbons (Fsp3) is 0.611. The highest BCUT2D eigenvalue weighted by Gasteiger charge is 2.34. The van der Waals surface area contributed by atoms with Gasteiger partial charge in [0.05, 0.1) is 5.69 Å². The maximum absolute atomic E-state index is 12.5. The van der Waals surface area contributed by atoms with Gasteiger partial charge in [0, 0.05) is 29.5 Å². The van der Waals surface area contributed by atoms with Crippen molar-refractivity contribution in [1.82, 2.24) is 5.32 Å². The number of anilines is 1. The van der Waals surface area contributed by atoms with E-state index in [1.165, 1.54) is 12.8 Å². The zero-order valence-corrected chi connectivity index (χ0v) is 16.0. The van der Waals surface area contributed by atoms with Crippen molar-refractivity contribution < 1.29 is 14.3 Å². The van der Waals surface area contributed by atoms with Crippen LogP contribution in [0.4, 0.5) is 5.69 Å². The second-order valence-electron chi connectivity index (χ2n) is 6.92. The number of ether oxygens (including phenoxy) is 2. The van der Waals surface area contributed by atoms with Gasteiger partial charge in [0.2, 0.25) is 5.91 Å². The minimum atomic E-state index is 0. The molecule has 1 aromatic carbocycles. The van der Waals surface area contributed by atoms with Crippen molar-refractivity contribution in [2.24, 2.45) is 5.92 Å². The first-order valence-corrected chi connectivity index (χ1v) is 9.97. The minimum Gasteiger partial charge on any atom is -0.486 e. The summed E-state index contributed by atoms with van der Waals surface area (Å²) in [4.78, 5) is 13.5. The number of amides is 1. The lowest BCUT2D eigenvalue weighted by atomic mass is 9.89. The average molecular weight is 385 g/mol. The number of fused-ring (bicyclic) bond motifs is 3. The van der Waals surface area contributed by atoms with Gasteiger partial charge in [0.1, 0.15) is 13.2 Å². The topological polar surface area (TPSA) is 59.6 Å². The van der Waals surface area contributed by atoms with Crippen LogP contribution in [0.3, 0.4) is 0 Å². The number of nitrogens with one attached hydrogen (secondary N) is 2. The van der Waals surface area contributed by atoms with E-state index >= 15 is 0 Å². The Morgan fingerprint density at radius 3 is 2.48 bits per heavy atom. The first-order chi connectivity index (χ1) is 11.7. The molecule has 5 nitrogen and oxygen atoms in total. The summed E-state index contributed by atoms with van der Waals surface area (Å²) in [5.41, 5.74) is 0.827. The number of carbonyl (C=O) groups is 1. The van der Waals surface area contributed by atoms with Crippen LogP contribution in [0.25, 0.3) is 0 Å². The number of thioether (sulfide) groups is 1. The maximum Gasteiger partial charge on any atom is 0.224 e. The van der Waals surface area contributed by atoms with Crippen molar-refractivity contribution in [3.63, 3.8) is 0 Å². The minimum absolute atomic E-state index is 0. The Bertz CT molecular complexity index is 631. The van der Waals surface area contributed by atoms with Crippen molar-refractivity contribution >= 4 is 35.8 Å². The third-order valence-electron chi connectivity index (χ3n) is 5.18. The summed E-state index contributed by atoms with van der Waals surface area (Å²) < 4.78 is 11.3. The smallest absolute Gasteiger partial charge is 0.224 e. The summed E-state index contributed by atoms with van der Waals surface area (Å²) in [5, 5.41) is 6.72. The van der Waals surface area contributed by atoms with Crippen LogP contribution >= 0.6 is 24.2 Å². The molecule has 7 heteroatoms. The Morgan fingerprint density at radius 2 is 1.84 bits per heavy atom. The highest BCUT2D eigenvalue weighted by Crippen LogP contribution is 2.39. The van der Waals surface area contributed by atoms with Gasteiger partial charge < -0.3 is 20.1 Å². The number of rotatable bonds is 4. The van der Waals surface area contributed by atoms with E-state index in [1.807, 2.05) is 18.4 Å². The lowest BCUT2D eigenvalue weighted by Crippen LogP contribution is -2.39. The van der Waals surface area contributed by atoms with Gasteiger partial charge in [0.15, 0.2) is 11.5 Å². The monoisotopic (exact) mass is 384 g/mol. The van der Waals surface area contributed by atoms with Crippen LogP contribution in [-0.4, -0.2) is 37.5 Å². The zero-order valence-electron chi connectivity index (χ0n) is 14.4. The van der Waals surface area contributed by atoms with Crippen LogP contribution in [-0.2, 0) is 4.79 Å². The van der Waals surface area contributed by atoms with Crippen molar-refractivity contribution in [3.05, 3.63) is 12.1 Å². The molecule has 4 rings (SSSR count). The van der Waals surface area contributed by atoms with E-state index < -0.39 is 0 Å². The predicted molar refractivity (Wildman–Crippen MR) is 102 cm³/mol. The fourth-order valence-corrected chi connectivity index (χ4v) is 4.70. The SMILES string of the molecule is CSc1cc2c(cc1NC(=O)CC1CC3CCC(C1)N3)OCCO2.Cl. The molecule has 25 heavy (non-hydrogen) atoms. The summed E-state index contributed by atoms with van der Waals surface area (Å²) in [6.07, 6.45) is 7.40. The number of carbonyl (C=O) groups excluding carboxylic acids is 1. The third-order valence-corrected chi connectivity index (χ3v) is 5.96. The van der Waals surface area contributed by atoms with E-state index in [4.69, 9.17) is 9.47 Å². The first kappa shape index (κ1) is 18.7. The molecule has 0 aromatic heterocycles. The van der Waals surface area contributed by atoms with Gasteiger partial charge in [0.25, 0.3) is 0 Å². The average Bonchev–Trinajstić information content (AvgIpc) is 2.92. The fourth-order valence-electron chi connectivity index (χ4n) is 4.14. The second-order valence-corrected chi connectivity index (χ2v) is 7.77. The highest BCUT2D eigenvalue weighted by atomic mass is 35.5. The number of halogens is 1. The lowest BCUT2D eigenvalue weighted by molar-refractivity contribution is -0.117. The molecule has 0 radical (unpaired) electrons. The molecule has 2 fully saturated rings. The Kier molecular flexibility index (Phi) is 6.02. The Morgan fingerprint density at radius 1 is 1.20 bits per heavy atom. The van der Waals surface area contributed by atoms with Crippen LogP contribution in [0.5, 0.6) is 11.5 Å². The van der Waals surface area contributed by atoms with Crippen LogP contribution in [0.2, 0.25) is 0 Å². The maximum atomic E-state index is 12.5. The molecule has 1 aromatic rings. The molecule has 2 saturated heterocycles. The molecule has 2 atom stereocenters. The summed E-state index contributed by atoms with van der Waals surface area (Å²) in [7, 11) is 0. The third kappa shape index (κ3) is 4.18. The van der Waals surface area contributed by atoms with E-state index in [9.17, 15) is 4.79 Å². The van der Waals surface area contributed by atoms with E-state index in [0.717, 1.165) is 29.2 Å². The van der Waals surface area contributed by atoms with Gasteiger partial charge in [-0.15, -0.1) is 24.2 Å². The highest BCUT2D eigenvalue weighted by molar-refractivity contribution is 7.98. The van der Waals surface area contributed by atoms with E-state index in [0.29, 0.717) is 43.4 Å². The van der Waals surface area contributed by atoms with E-state index in [1.54, 1.807) is 11.8 Å². The van der Waals surface area contributed by atoms with Crippen molar-refractivity contribution in [1.29, 1.82) is 0 Å². The van der Waals surface area contributed by atoms with Crippen molar-refractivity contribution in [3.8, 4) is 11.5 Å². The first-order valence-electron chi connectivity index (χ1n) is 8.75. The summed E-state index contributed by atoms with van der Waals surface area (Å²) in [6, 6.07) is 5.10. The van der Waals surface area contributed by atoms with Gasteiger partial charge in [-0.2, -0.15) is 0 Å². The summed E-state index contributed by atoms with van der Waals surface area (Å²) >= 11 is 1.61. The molecule has 2 bridgehead atoms. The Hall–Kier alpha value is -1.11. The van der Waals surface area contributed by atoms with Gasteiger partial charge in [-0.3, -0.25) is 4.79 Å². The molecule has 2 N–H and O–H groups in total. The number of hydrogen-bond acceptors (Lipinski definition) is 5. The molecule has 3 aliphatic rings. The molecule has 138 valence electrons. The molecule has 3 heterocycles. The van der Waals surface area contributed by atoms with Gasteiger partial charge >= 0.3 is 0 Å². The van der Waals surface area contributed by atoms with Crippen LogP contribution in [0, 0.1) is 5.92 Å². The largest absolute Gasteiger partial charge is 0.486 e. The van der Waals surface area contributed by atoms with Crippen LogP contribution < -0.4 is 20.1 Å². The quantitative estimate of drug-likeness (QED) is 0.778. The molecular formula is C18H25ClN2O3S. The lowest BCUT2D eigenvalue weighted by Gasteiger charge is -2.28. The Balaban J connectivity index is 0.00000182. The number of benzene rings is 1. The summed E-state index contributed by atoms with van der Waals surface area (Å²) in [5.74, 6) is 2.08. The molecular weight excluding hydrogens is 360 g/mol.